The van der Waals surface area contributed by atoms with Crippen LogP contribution in [0.5, 0.6) is 0 Å². The first kappa shape index (κ1) is 17.8. The molecule has 4 rings (SSSR count). The maximum absolute atomic E-state index is 12.7. The van der Waals surface area contributed by atoms with E-state index in [9.17, 15) is 9.59 Å². The van der Waals surface area contributed by atoms with Crippen LogP contribution < -0.4 is 0 Å². The standard InChI is InChI=1S/C21H25N3O3/c1-3-24-20(26)22(2)19(25)21(24)10-12-23(13-11-21)15-16-6-8-17(9-7-16)18-5-4-14-27-18/h4-9,14H,3,10-13,15H2,1-2H3. The van der Waals surface area contributed by atoms with Gasteiger partial charge in [0.05, 0.1) is 6.26 Å². The number of piperidine rings is 1. The van der Waals surface area contributed by atoms with Gasteiger partial charge < -0.3 is 9.32 Å². The highest BCUT2D eigenvalue weighted by atomic mass is 16.3. The molecule has 0 atom stereocenters. The lowest BCUT2D eigenvalue weighted by Gasteiger charge is -2.41. The van der Waals surface area contributed by atoms with Crippen LogP contribution in [0.3, 0.4) is 0 Å². The monoisotopic (exact) mass is 367 g/mol. The fraction of sp³-hybridized carbons (Fsp3) is 0.429. The third-order valence-electron chi connectivity index (χ3n) is 5.90. The van der Waals surface area contributed by atoms with Crippen molar-refractivity contribution >= 4 is 11.9 Å². The van der Waals surface area contributed by atoms with E-state index in [4.69, 9.17) is 4.42 Å². The van der Waals surface area contributed by atoms with Crippen molar-refractivity contribution in [3.05, 3.63) is 48.2 Å². The molecule has 0 saturated carbocycles. The van der Waals surface area contributed by atoms with E-state index < -0.39 is 5.54 Å². The van der Waals surface area contributed by atoms with Crippen LogP contribution in [-0.2, 0) is 11.3 Å². The van der Waals surface area contributed by atoms with Gasteiger partial charge in [-0.2, -0.15) is 0 Å². The summed E-state index contributed by atoms with van der Waals surface area (Å²) in [6, 6.07) is 12.1. The summed E-state index contributed by atoms with van der Waals surface area (Å²) in [6.45, 7) is 4.98. The van der Waals surface area contributed by atoms with E-state index in [-0.39, 0.29) is 11.9 Å². The van der Waals surface area contributed by atoms with Crippen molar-refractivity contribution in [2.45, 2.75) is 31.8 Å². The van der Waals surface area contributed by atoms with Crippen molar-refractivity contribution in [2.75, 3.05) is 26.7 Å². The van der Waals surface area contributed by atoms with E-state index in [1.807, 2.05) is 19.1 Å². The Morgan fingerprint density at radius 2 is 1.78 bits per heavy atom. The molecular weight excluding hydrogens is 342 g/mol. The van der Waals surface area contributed by atoms with Gasteiger partial charge in [0.2, 0.25) is 0 Å². The Balaban J connectivity index is 1.41. The molecule has 27 heavy (non-hydrogen) atoms. The van der Waals surface area contributed by atoms with Crippen LogP contribution in [0.1, 0.15) is 25.3 Å². The van der Waals surface area contributed by atoms with Crippen LogP contribution >= 0.6 is 0 Å². The van der Waals surface area contributed by atoms with Gasteiger partial charge in [-0.25, -0.2) is 4.79 Å². The molecule has 1 aromatic carbocycles. The maximum Gasteiger partial charge on any atom is 0.327 e. The molecule has 2 aromatic rings. The molecule has 0 radical (unpaired) electrons. The molecule has 142 valence electrons. The fourth-order valence-corrected chi connectivity index (χ4v) is 4.36. The first-order valence-electron chi connectivity index (χ1n) is 9.50. The van der Waals surface area contributed by atoms with E-state index in [0.29, 0.717) is 19.4 Å². The van der Waals surface area contributed by atoms with Crippen molar-refractivity contribution in [3.8, 4) is 11.3 Å². The molecule has 0 bridgehead atoms. The summed E-state index contributed by atoms with van der Waals surface area (Å²) in [4.78, 5) is 30.4. The average molecular weight is 367 g/mol. The zero-order chi connectivity index (χ0) is 19.0. The largest absolute Gasteiger partial charge is 0.464 e. The number of imide groups is 1. The molecule has 6 nitrogen and oxygen atoms in total. The highest BCUT2D eigenvalue weighted by Gasteiger charge is 2.56. The van der Waals surface area contributed by atoms with Crippen molar-refractivity contribution in [1.82, 2.24) is 14.7 Å². The number of amides is 3. The number of carbonyl (C=O) groups is 2. The summed E-state index contributed by atoms with van der Waals surface area (Å²) in [5, 5.41) is 0. The molecule has 1 aromatic heterocycles. The van der Waals surface area contributed by atoms with E-state index in [2.05, 4.69) is 29.2 Å². The minimum absolute atomic E-state index is 0.0446. The van der Waals surface area contributed by atoms with E-state index in [0.717, 1.165) is 31.0 Å². The zero-order valence-electron chi connectivity index (χ0n) is 15.9. The fourth-order valence-electron chi connectivity index (χ4n) is 4.36. The highest BCUT2D eigenvalue weighted by molar-refractivity contribution is 6.06. The van der Waals surface area contributed by atoms with E-state index in [1.54, 1.807) is 18.2 Å². The summed E-state index contributed by atoms with van der Waals surface area (Å²) in [7, 11) is 1.59. The number of nitrogens with zero attached hydrogens (tertiary/aromatic N) is 3. The lowest BCUT2D eigenvalue weighted by Crippen LogP contribution is -2.56. The Hall–Kier alpha value is -2.60. The Morgan fingerprint density at radius 3 is 2.37 bits per heavy atom. The van der Waals surface area contributed by atoms with Crippen molar-refractivity contribution in [2.24, 2.45) is 0 Å². The molecular formula is C21H25N3O3. The predicted octanol–water partition coefficient (Wildman–Crippen LogP) is 3.20. The van der Waals surface area contributed by atoms with Crippen LogP contribution in [0, 0.1) is 0 Å². The molecule has 0 unspecified atom stereocenters. The van der Waals surface area contributed by atoms with Gasteiger partial charge in [0.15, 0.2) is 0 Å². The van der Waals surface area contributed by atoms with Gasteiger partial charge in [-0.1, -0.05) is 24.3 Å². The number of likely N-dealkylation sites (N-methyl/N-ethyl adjacent to an activating group) is 2. The molecule has 2 fully saturated rings. The number of furan rings is 1. The third kappa shape index (κ3) is 2.94. The van der Waals surface area contributed by atoms with Crippen LogP contribution in [0.2, 0.25) is 0 Å². The Morgan fingerprint density at radius 1 is 1.07 bits per heavy atom. The van der Waals surface area contributed by atoms with Gasteiger partial charge in [0, 0.05) is 38.8 Å². The molecule has 0 aliphatic carbocycles. The van der Waals surface area contributed by atoms with Crippen LogP contribution in [0.15, 0.2) is 47.1 Å². The minimum Gasteiger partial charge on any atom is -0.464 e. The number of urea groups is 1. The SMILES string of the molecule is CCN1C(=O)N(C)C(=O)C12CCN(Cc1ccc(-c3ccco3)cc1)CC2. The third-order valence-corrected chi connectivity index (χ3v) is 5.90. The topological polar surface area (TPSA) is 57.0 Å². The molecule has 2 saturated heterocycles. The first-order chi connectivity index (χ1) is 13.0. The summed E-state index contributed by atoms with van der Waals surface area (Å²) < 4.78 is 5.43. The van der Waals surface area contributed by atoms with Gasteiger partial charge in [0.25, 0.3) is 5.91 Å². The number of rotatable bonds is 4. The second kappa shape index (κ2) is 6.85. The Bertz CT molecular complexity index is 821. The van der Waals surface area contributed by atoms with Gasteiger partial charge in [-0.15, -0.1) is 0 Å². The quantitative estimate of drug-likeness (QED) is 0.779. The number of hydrogen-bond acceptors (Lipinski definition) is 4. The normalized spacial score (nSPS) is 20.1. The van der Waals surface area contributed by atoms with E-state index >= 15 is 0 Å². The lowest BCUT2D eigenvalue weighted by atomic mass is 9.85. The first-order valence-corrected chi connectivity index (χ1v) is 9.50. The van der Waals surface area contributed by atoms with Crippen LogP contribution in [-0.4, -0.2) is 58.9 Å². The van der Waals surface area contributed by atoms with E-state index in [1.165, 1.54) is 10.5 Å². The second-order valence-corrected chi connectivity index (χ2v) is 7.37. The van der Waals surface area contributed by atoms with Gasteiger partial charge in [-0.3, -0.25) is 14.6 Å². The maximum atomic E-state index is 12.7. The average Bonchev–Trinajstić information content (AvgIpc) is 3.28. The van der Waals surface area contributed by atoms with Gasteiger partial charge >= 0.3 is 6.03 Å². The van der Waals surface area contributed by atoms with Crippen LogP contribution in [0.25, 0.3) is 11.3 Å². The molecule has 1 spiro atoms. The second-order valence-electron chi connectivity index (χ2n) is 7.37. The lowest BCUT2D eigenvalue weighted by molar-refractivity contribution is -0.134. The number of hydrogen-bond donors (Lipinski definition) is 0. The minimum atomic E-state index is -0.639. The summed E-state index contributed by atoms with van der Waals surface area (Å²) in [6.07, 6.45) is 3.07. The smallest absolute Gasteiger partial charge is 0.327 e. The summed E-state index contributed by atoms with van der Waals surface area (Å²) in [5.74, 6) is 0.825. The highest BCUT2D eigenvalue weighted by Crippen LogP contribution is 2.36. The molecule has 6 heteroatoms. The molecule has 0 N–H and O–H groups in total. The predicted molar refractivity (Wildman–Crippen MR) is 102 cm³/mol. The molecule has 2 aliphatic rings. The van der Waals surface area contributed by atoms with Gasteiger partial charge in [-0.05, 0) is 37.5 Å². The number of carbonyl (C=O) groups excluding carboxylic acids is 2. The van der Waals surface area contributed by atoms with Crippen molar-refractivity contribution in [3.63, 3.8) is 0 Å². The molecule has 3 amide bonds. The molecule has 3 heterocycles. The van der Waals surface area contributed by atoms with Gasteiger partial charge in [0.1, 0.15) is 11.3 Å². The van der Waals surface area contributed by atoms with Crippen molar-refractivity contribution in [1.29, 1.82) is 0 Å². The Labute approximate surface area is 159 Å². The summed E-state index contributed by atoms with van der Waals surface area (Å²) in [5.41, 5.74) is 1.66. The van der Waals surface area contributed by atoms with Crippen LogP contribution in [0.4, 0.5) is 4.79 Å². The number of likely N-dealkylation sites (tertiary alicyclic amines) is 1. The summed E-state index contributed by atoms with van der Waals surface area (Å²) >= 11 is 0. The zero-order valence-corrected chi connectivity index (χ0v) is 15.9. The number of benzene rings is 1. The molecule has 2 aliphatic heterocycles. The van der Waals surface area contributed by atoms with Crippen molar-refractivity contribution < 1.29 is 14.0 Å². The Kier molecular flexibility index (Phi) is 4.52.